The van der Waals surface area contributed by atoms with E-state index >= 15 is 0 Å². The summed E-state index contributed by atoms with van der Waals surface area (Å²) in [5.74, 6) is 0. The zero-order valence-corrected chi connectivity index (χ0v) is 32.4. The molecule has 0 heterocycles. The summed E-state index contributed by atoms with van der Waals surface area (Å²) >= 11 is 0. The van der Waals surface area contributed by atoms with Gasteiger partial charge in [-0.2, -0.15) is 0 Å². The topological polar surface area (TPSA) is 0 Å². The van der Waals surface area contributed by atoms with Crippen LogP contribution in [0.5, 0.6) is 0 Å². The molecule has 0 bridgehead atoms. The molecule has 0 N–H and O–H groups in total. The SMILES string of the molecule is [SnH2].[SnH2].[SnH2].[SnH2].[SnH3].[SnH3]. The fourth-order valence-corrected chi connectivity index (χ4v) is 0. The molecule has 0 unspecified atom stereocenters. The summed E-state index contributed by atoms with van der Waals surface area (Å²) in [5, 5.41) is 0. The van der Waals surface area contributed by atoms with Crippen LogP contribution in [0.15, 0.2) is 0 Å². The summed E-state index contributed by atoms with van der Waals surface area (Å²) < 4.78 is 0. The predicted octanol–water partition coefficient (Wildman–Crippen LogP) is -6.03. The van der Waals surface area contributed by atoms with Gasteiger partial charge in [-0.15, -0.1) is 0 Å². The molecule has 0 spiro atoms. The summed E-state index contributed by atoms with van der Waals surface area (Å²) in [6.07, 6.45) is 0. The third-order valence-electron chi connectivity index (χ3n) is 0. The van der Waals surface area contributed by atoms with E-state index in [1.54, 1.807) is 0 Å². The van der Waals surface area contributed by atoms with Crippen molar-refractivity contribution in [2.45, 2.75) is 0 Å². The van der Waals surface area contributed by atoms with Crippen LogP contribution in [0.4, 0.5) is 0 Å². The van der Waals surface area contributed by atoms with E-state index in [0.29, 0.717) is 0 Å². The van der Waals surface area contributed by atoms with E-state index in [1.807, 2.05) is 0 Å². The van der Waals surface area contributed by atoms with Gasteiger partial charge < -0.3 is 0 Å². The molecule has 6 heavy (non-hydrogen) atoms. The van der Waals surface area contributed by atoms with Crippen LogP contribution in [-0.4, -0.2) is 143 Å². The second kappa shape index (κ2) is 33.0. The van der Waals surface area contributed by atoms with Gasteiger partial charge >= 0.3 is 143 Å². The van der Waals surface area contributed by atoms with E-state index in [1.165, 1.54) is 0 Å². The third-order valence-corrected chi connectivity index (χ3v) is 0. The Morgan fingerprint density at radius 1 is 0.333 bits per heavy atom. The van der Waals surface area contributed by atoms with Crippen LogP contribution < -0.4 is 0 Å². The van der Waals surface area contributed by atoms with E-state index in [9.17, 15) is 0 Å². The molecule has 0 aliphatic heterocycles. The van der Waals surface area contributed by atoms with E-state index in [4.69, 9.17) is 0 Å². The Morgan fingerprint density at radius 3 is 0.333 bits per heavy atom. The van der Waals surface area contributed by atoms with Crippen molar-refractivity contribution in [1.82, 2.24) is 0 Å². The van der Waals surface area contributed by atoms with Crippen molar-refractivity contribution < 1.29 is 0 Å². The van der Waals surface area contributed by atoms with Crippen LogP contribution in [0.3, 0.4) is 0 Å². The van der Waals surface area contributed by atoms with Gasteiger partial charge in [0.2, 0.25) is 0 Å². The van der Waals surface area contributed by atoms with Crippen molar-refractivity contribution in [3.05, 3.63) is 0 Å². The van der Waals surface area contributed by atoms with E-state index < -0.39 is 0 Å². The Balaban J connectivity index is 0. The van der Waals surface area contributed by atoms with Crippen molar-refractivity contribution >= 4 is 143 Å². The van der Waals surface area contributed by atoms with Gasteiger partial charge in [0.25, 0.3) is 0 Å². The zero-order valence-electron chi connectivity index (χ0n) is 4.83. The van der Waals surface area contributed by atoms with Crippen LogP contribution in [0.2, 0.25) is 0 Å². The summed E-state index contributed by atoms with van der Waals surface area (Å²) in [6, 6.07) is 0. The average Bonchev–Trinajstić information content (AvgIpc) is 0. The quantitative estimate of drug-likeness (QED) is 0.219. The second-order valence-electron chi connectivity index (χ2n) is 0. The van der Waals surface area contributed by atoms with E-state index in [0.717, 1.165) is 0 Å². The third kappa shape index (κ3) is 23.2. The van der Waals surface area contributed by atoms with Crippen LogP contribution in [0, 0.1) is 0 Å². The molecular weight excluding hydrogens is 712 g/mol. The molecule has 0 amide bonds. The minimum atomic E-state index is 0. The van der Waals surface area contributed by atoms with Crippen molar-refractivity contribution in [3.8, 4) is 0 Å². The van der Waals surface area contributed by atoms with Crippen molar-refractivity contribution in [1.29, 1.82) is 0 Å². The Morgan fingerprint density at radius 2 is 0.333 bits per heavy atom. The maximum absolute atomic E-state index is 0. The average molecular weight is 726 g/mol. The molecule has 0 saturated heterocycles. The Kier molecular flexibility index (Phi) is 248. The number of rotatable bonds is 0. The number of hydrogen-bond donors (Lipinski definition) is 0. The van der Waals surface area contributed by atoms with Gasteiger partial charge in [0.05, 0.1) is 0 Å². The summed E-state index contributed by atoms with van der Waals surface area (Å²) in [4.78, 5) is 0. The van der Waals surface area contributed by atoms with Gasteiger partial charge in [0.1, 0.15) is 0 Å². The molecule has 10 radical (unpaired) electrons. The Labute approximate surface area is 140 Å². The molecule has 0 nitrogen and oxygen atoms in total. The molecule has 0 saturated carbocycles. The standard InChI is InChI=1S/6Sn.14H. The summed E-state index contributed by atoms with van der Waals surface area (Å²) in [7, 11) is 0. The molecule has 38 valence electrons. The molecule has 0 atom stereocenters. The van der Waals surface area contributed by atoms with E-state index in [-0.39, 0.29) is 143 Å². The fourth-order valence-electron chi connectivity index (χ4n) is 0. The van der Waals surface area contributed by atoms with Gasteiger partial charge in [-0.1, -0.05) is 0 Å². The van der Waals surface area contributed by atoms with Crippen LogP contribution >= 0.6 is 0 Å². The van der Waals surface area contributed by atoms with Gasteiger partial charge in [-0.3, -0.25) is 0 Å². The molecule has 0 aromatic heterocycles. The first-order valence-electron chi connectivity index (χ1n) is 0. The van der Waals surface area contributed by atoms with Crippen LogP contribution in [0.1, 0.15) is 0 Å². The van der Waals surface area contributed by atoms with Crippen molar-refractivity contribution in [2.24, 2.45) is 0 Å². The molecule has 0 aromatic carbocycles. The Bertz CT molecular complexity index is 0. The van der Waals surface area contributed by atoms with Gasteiger partial charge in [-0.05, 0) is 0 Å². The monoisotopic (exact) mass is 734 g/mol. The molecule has 0 aliphatic rings. The number of hydrogen-bond acceptors (Lipinski definition) is 0. The van der Waals surface area contributed by atoms with Crippen molar-refractivity contribution in [2.75, 3.05) is 0 Å². The fraction of sp³-hybridized carbons (Fsp3) is 0. The summed E-state index contributed by atoms with van der Waals surface area (Å²) in [5.41, 5.74) is 0. The van der Waals surface area contributed by atoms with Gasteiger partial charge in [-0.25, -0.2) is 0 Å². The van der Waals surface area contributed by atoms with Crippen LogP contribution in [-0.2, 0) is 0 Å². The van der Waals surface area contributed by atoms with Crippen LogP contribution in [0.25, 0.3) is 0 Å². The maximum atomic E-state index is 0. The minimum absolute atomic E-state index is 0. The normalized spacial score (nSPS) is 0. The van der Waals surface area contributed by atoms with Gasteiger partial charge in [0.15, 0.2) is 0 Å². The molecule has 0 aromatic rings. The van der Waals surface area contributed by atoms with Gasteiger partial charge in [0, 0.05) is 0 Å². The zero-order chi connectivity index (χ0) is 0. The molecule has 0 fully saturated rings. The Hall–Kier alpha value is 4.79. The molecule has 0 aliphatic carbocycles. The van der Waals surface area contributed by atoms with Crippen molar-refractivity contribution in [3.63, 3.8) is 0 Å². The second-order valence-corrected chi connectivity index (χ2v) is 0. The molecular formula is H14Sn6. The molecule has 0 rings (SSSR count). The van der Waals surface area contributed by atoms with E-state index in [2.05, 4.69) is 0 Å². The first-order chi connectivity index (χ1) is 0. The predicted molar refractivity (Wildman–Crippen MR) is 54.1 cm³/mol. The first-order valence-corrected chi connectivity index (χ1v) is 0. The molecule has 6 heteroatoms. The summed E-state index contributed by atoms with van der Waals surface area (Å²) in [6.45, 7) is 0. The first kappa shape index (κ1) is 45.1.